The monoisotopic (exact) mass is 281 g/mol. The Labute approximate surface area is 103 Å². The van der Waals surface area contributed by atoms with Gasteiger partial charge in [0.1, 0.15) is 5.92 Å². The highest BCUT2D eigenvalue weighted by atomic mass is 79.9. The number of likely N-dealkylation sites (tertiary alicyclic amines) is 1. The van der Waals surface area contributed by atoms with Crippen LogP contribution in [0.3, 0.4) is 0 Å². The molecule has 1 aromatic carbocycles. The lowest BCUT2D eigenvalue weighted by molar-refractivity contribution is -0.128. The molecule has 0 aromatic heterocycles. The maximum Gasteiger partial charge on any atom is 0.233 e. The van der Waals surface area contributed by atoms with Crippen LogP contribution in [0.1, 0.15) is 16.8 Å². The summed E-state index contributed by atoms with van der Waals surface area (Å²) >= 11 is 3.33. The van der Waals surface area contributed by atoms with Crippen molar-refractivity contribution in [3.05, 3.63) is 34.3 Å². The number of hydrogen-bond acceptors (Lipinski definition) is 2. The number of benzene rings is 1. The van der Waals surface area contributed by atoms with E-state index in [1.54, 1.807) is 24.1 Å². The van der Waals surface area contributed by atoms with Crippen LogP contribution in [0.4, 0.5) is 0 Å². The van der Waals surface area contributed by atoms with Gasteiger partial charge in [-0.05, 0) is 12.5 Å². The Balaban J connectivity index is 2.27. The van der Waals surface area contributed by atoms with Crippen LogP contribution < -0.4 is 0 Å². The number of nitrogens with zero attached hydrogens (tertiary/aromatic N) is 1. The third-order valence-electron chi connectivity index (χ3n) is 2.88. The first-order valence-electron chi connectivity index (χ1n) is 5.15. The number of rotatable bonds is 2. The van der Waals surface area contributed by atoms with Crippen LogP contribution in [0.15, 0.2) is 28.7 Å². The predicted octanol–water partition coefficient (Wildman–Crippen LogP) is 2.11. The van der Waals surface area contributed by atoms with Crippen molar-refractivity contribution < 1.29 is 9.59 Å². The van der Waals surface area contributed by atoms with Gasteiger partial charge in [0.05, 0.1) is 0 Å². The van der Waals surface area contributed by atoms with Gasteiger partial charge in [-0.2, -0.15) is 0 Å². The Hall–Kier alpha value is -1.16. The molecule has 1 aromatic rings. The highest BCUT2D eigenvalue weighted by Gasteiger charge is 2.35. The summed E-state index contributed by atoms with van der Waals surface area (Å²) in [5.74, 6) is -0.647. The standard InChI is InChI=1S/C12H12BrNO2/c1-14-7-6-9(12(14)16)11(15)8-4-2-3-5-10(8)13/h2-5,9H,6-7H2,1H3. The summed E-state index contributed by atoms with van der Waals surface area (Å²) in [6.07, 6.45) is 0.621. The van der Waals surface area contributed by atoms with Crippen LogP contribution in [-0.2, 0) is 4.79 Å². The molecule has 1 fully saturated rings. The van der Waals surface area contributed by atoms with Crippen molar-refractivity contribution in [1.82, 2.24) is 4.90 Å². The SMILES string of the molecule is CN1CCC(C(=O)c2ccccc2Br)C1=O. The first-order valence-corrected chi connectivity index (χ1v) is 5.94. The van der Waals surface area contributed by atoms with E-state index in [1.807, 2.05) is 12.1 Å². The van der Waals surface area contributed by atoms with Gasteiger partial charge in [-0.15, -0.1) is 0 Å². The second-order valence-electron chi connectivity index (χ2n) is 3.95. The molecule has 1 aliphatic rings. The molecule has 1 heterocycles. The van der Waals surface area contributed by atoms with E-state index in [9.17, 15) is 9.59 Å². The quantitative estimate of drug-likeness (QED) is 0.615. The largest absolute Gasteiger partial charge is 0.345 e. The first-order chi connectivity index (χ1) is 7.61. The van der Waals surface area contributed by atoms with E-state index in [4.69, 9.17) is 0 Å². The normalized spacial score (nSPS) is 20.2. The summed E-state index contributed by atoms with van der Waals surface area (Å²) in [5, 5.41) is 0. The summed E-state index contributed by atoms with van der Waals surface area (Å²) in [4.78, 5) is 25.5. The lowest BCUT2D eigenvalue weighted by Crippen LogP contribution is -2.27. The van der Waals surface area contributed by atoms with Gasteiger partial charge < -0.3 is 4.90 Å². The zero-order valence-corrected chi connectivity index (χ0v) is 10.5. The molecule has 1 saturated heterocycles. The zero-order chi connectivity index (χ0) is 11.7. The third-order valence-corrected chi connectivity index (χ3v) is 3.57. The van der Waals surface area contributed by atoms with E-state index < -0.39 is 5.92 Å². The van der Waals surface area contributed by atoms with Crippen LogP contribution in [0.2, 0.25) is 0 Å². The first kappa shape index (κ1) is 11.3. The van der Waals surface area contributed by atoms with E-state index in [0.717, 1.165) is 4.47 Å². The smallest absolute Gasteiger partial charge is 0.233 e. The molecule has 1 aliphatic heterocycles. The number of carbonyl (C=O) groups excluding carboxylic acids is 2. The second-order valence-corrected chi connectivity index (χ2v) is 4.80. The fourth-order valence-electron chi connectivity index (χ4n) is 1.91. The summed E-state index contributed by atoms with van der Waals surface area (Å²) in [7, 11) is 1.73. The van der Waals surface area contributed by atoms with Crippen LogP contribution >= 0.6 is 15.9 Å². The Bertz CT molecular complexity index is 444. The molecule has 1 atom stereocenters. The Kier molecular flexibility index (Phi) is 3.10. The molecule has 3 nitrogen and oxygen atoms in total. The lowest BCUT2D eigenvalue weighted by Gasteiger charge is -2.10. The van der Waals surface area contributed by atoms with E-state index in [2.05, 4.69) is 15.9 Å². The highest BCUT2D eigenvalue weighted by molar-refractivity contribution is 9.10. The van der Waals surface area contributed by atoms with Crippen LogP contribution in [0, 0.1) is 5.92 Å². The minimum atomic E-state index is -0.497. The van der Waals surface area contributed by atoms with Crippen molar-refractivity contribution in [2.45, 2.75) is 6.42 Å². The van der Waals surface area contributed by atoms with Gasteiger partial charge in [0.25, 0.3) is 0 Å². The molecule has 0 aliphatic carbocycles. The third kappa shape index (κ3) is 1.89. The molecule has 1 amide bonds. The van der Waals surface area contributed by atoms with E-state index in [0.29, 0.717) is 18.5 Å². The molecule has 0 spiro atoms. The number of ketones is 1. The molecule has 1 unspecified atom stereocenters. The topological polar surface area (TPSA) is 37.4 Å². The van der Waals surface area contributed by atoms with Crippen molar-refractivity contribution in [3.63, 3.8) is 0 Å². The van der Waals surface area contributed by atoms with E-state index in [1.165, 1.54) is 0 Å². The highest BCUT2D eigenvalue weighted by Crippen LogP contribution is 2.25. The molecule has 0 N–H and O–H groups in total. The van der Waals surface area contributed by atoms with Gasteiger partial charge in [0.15, 0.2) is 5.78 Å². The number of hydrogen-bond donors (Lipinski definition) is 0. The zero-order valence-electron chi connectivity index (χ0n) is 8.94. The minimum Gasteiger partial charge on any atom is -0.345 e. The van der Waals surface area contributed by atoms with E-state index in [-0.39, 0.29) is 11.7 Å². The molecule has 16 heavy (non-hydrogen) atoms. The predicted molar refractivity (Wildman–Crippen MR) is 64.2 cm³/mol. The van der Waals surface area contributed by atoms with Crippen molar-refractivity contribution >= 4 is 27.6 Å². The maximum absolute atomic E-state index is 12.1. The maximum atomic E-state index is 12.1. The van der Waals surface area contributed by atoms with Crippen molar-refractivity contribution in [1.29, 1.82) is 0 Å². The van der Waals surface area contributed by atoms with Gasteiger partial charge in [0.2, 0.25) is 5.91 Å². The van der Waals surface area contributed by atoms with Gasteiger partial charge in [-0.3, -0.25) is 9.59 Å². The average Bonchev–Trinajstić information content (AvgIpc) is 2.60. The molecule has 0 bridgehead atoms. The fraction of sp³-hybridized carbons (Fsp3) is 0.333. The molecule has 0 radical (unpaired) electrons. The van der Waals surface area contributed by atoms with E-state index >= 15 is 0 Å². The molecule has 2 rings (SSSR count). The summed E-state index contributed by atoms with van der Waals surface area (Å²) in [6, 6.07) is 7.22. The molecule has 84 valence electrons. The fourth-order valence-corrected chi connectivity index (χ4v) is 2.39. The molecule has 4 heteroatoms. The molecule has 0 saturated carbocycles. The van der Waals surface area contributed by atoms with Gasteiger partial charge >= 0.3 is 0 Å². The van der Waals surface area contributed by atoms with Gasteiger partial charge in [-0.25, -0.2) is 0 Å². The summed E-state index contributed by atoms with van der Waals surface area (Å²) in [6.45, 7) is 0.666. The molecular formula is C12H12BrNO2. The summed E-state index contributed by atoms with van der Waals surface area (Å²) in [5.41, 5.74) is 0.594. The van der Waals surface area contributed by atoms with Gasteiger partial charge in [-0.1, -0.05) is 34.1 Å². The number of halogens is 1. The summed E-state index contributed by atoms with van der Waals surface area (Å²) < 4.78 is 0.752. The Morgan fingerprint density at radius 1 is 1.44 bits per heavy atom. The van der Waals surface area contributed by atoms with Crippen LogP contribution in [0.5, 0.6) is 0 Å². The Morgan fingerprint density at radius 3 is 2.69 bits per heavy atom. The number of Topliss-reactive ketones (excluding diaryl/α,β-unsaturated/α-hetero) is 1. The average molecular weight is 282 g/mol. The lowest BCUT2D eigenvalue weighted by atomic mass is 9.96. The minimum absolute atomic E-state index is 0.0687. The van der Waals surface area contributed by atoms with Crippen molar-refractivity contribution in [3.8, 4) is 0 Å². The van der Waals surface area contributed by atoms with Gasteiger partial charge in [0, 0.05) is 23.6 Å². The number of carbonyl (C=O) groups is 2. The molecular weight excluding hydrogens is 270 g/mol. The van der Waals surface area contributed by atoms with Crippen LogP contribution in [0.25, 0.3) is 0 Å². The van der Waals surface area contributed by atoms with Crippen LogP contribution in [-0.4, -0.2) is 30.2 Å². The van der Waals surface area contributed by atoms with Crippen molar-refractivity contribution in [2.24, 2.45) is 5.92 Å². The number of amides is 1. The van der Waals surface area contributed by atoms with Crippen molar-refractivity contribution in [2.75, 3.05) is 13.6 Å². The second kappa shape index (κ2) is 4.37. The Morgan fingerprint density at radius 2 is 2.12 bits per heavy atom.